The molecule has 9 heteroatoms. The van der Waals surface area contributed by atoms with Crippen molar-refractivity contribution in [1.82, 2.24) is 14.7 Å². The number of ether oxygens (including phenoxy) is 1. The lowest BCUT2D eigenvalue weighted by atomic mass is 10.1. The molecule has 0 spiro atoms. The average Bonchev–Trinajstić information content (AvgIpc) is 2.64. The summed E-state index contributed by atoms with van der Waals surface area (Å²) in [6.45, 7) is 0.554. The number of aromatic nitrogens is 3. The molecule has 136 valence electrons. The molecule has 0 radical (unpaired) electrons. The Balaban J connectivity index is 2.25. The number of pyridine rings is 2. The lowest BCUT2D eigenvalue weighted by Gasteiger charge is -2.11. The number of aliphatic hydroxyl groups excluding tert-OH is 1. The van der Waals surface area contributed by atoms with Gasteiger partial charge in [-0.25, -0.2) is 4.57 Å². The topological polar surface area (TPSA) is 123 Å². The first-order valence-corrected chi connectivity index (χ1v) is 8.10. The Bertz CT molecular complexity index is 1030. The van der Waals surface area contributed by atoms with Crippen LogP contribution in [0.3, 0.4) is 0 Å². The standard InChI is InChI=1S/C17H19N5O4/c1-26-9-5-19-16(24)11-10-12-15(22(7-8-23)14(11)18)20-13-4-2-3-6-21(13)17(12)25/h2-4,6,10,18,23H,5,7-9H2,1H3,(H,19,24)/p+1. The quantitative estimate of drug-likeness (QED) is 0.298. The summed E-state index contributed by atoms with van der Waals surface area (Å²) in [7, 11) is 1.53. The molecule has 9 nitrogen and oxygen atoms in total. The Morgan fingerprint density at radius 2 is 2.27 bits per heavy atom. The van der Waals surface area contributed by atoms with Crippen molar-refractivity contribution in [3.05, 3.63) is 46.4 Å². The van der Waals surface area contributed by atoms with Crippen LogP contribution < -0.4 is 21.2 Å². The third kappa shape index (κ3) is 3.09. The molecule has 0 unspecified atom stereocenters. The van der Waals surface area contributed by atoms with E-state index in [0.717, 1.165) is 0 Å². The van der Waals surface area contributed by atoms with Crippen LogP contribution >= 0.6 is 0 Å². The van der Waals surface area contributed by atoms with Crippen LogP contribution in [0.2, 0.25) is 0 Å². The predicted octanol–water partition coefficient (Wildman–Crippen LogP) is -0.914. The van der Waals surface area contributed by atoms with Gasteiger partial charge < -0.3 is 20.9 Å². The van der Waals surface area contributed by atoms with Crippen molar-refractivity contribution in [2.24, 2.45) is 0 Å². The second kappa shape index (κ2) is 7.46. The van der Waals surface area contributed by atoms with Gasteiger partial charge in [-0.15, -0.1) is 0 Å². The minimum absolute atomic E-state index is 0.108. The Labute approximate surface area is 148 Å². The molecule has 3 aromatic heterocycles. The molecule has 1 amide bonds. The van der Waals surface area contributed by atoms with Crippen molar-refractivity contribution in [1.29, 1.82) is 0 Å². The number of nitrogen functional groups attached to an aromatic ring is 1. The zero-order valence-electron chi connectivity index (χ0n) is 14.3. The fourth-order valence-electron chi connectivity index (χ4n) is 2.77. The van der Waals surface area contributed by atoms with Gasteiger partial charge in [0.2, 0.25) is 11.5 Å². The van der Waals surface area contributed by atoms with Gasteiger partial charge in [-0.1, -0.05) is 11.1 Å². The number of anilines is 1. The molecule has 26 heavy (non-hydrogen) atoms. The molecule has 0 fully saturated rings. The fourth-order valence-corrected chi connectivity index (χ4v) is 2.77. The number of methoxy groups -OCH3 is 1. The van der Waals surface area contributed by atoms with Crippen LogP contribution in [0.25, 0.3) is 16.7 Å². The van der Waals surface area contributed by atoms with E-state index in [9.17, 15) is 14.7 Å². The zero-order chi connectivity index (χ0) is 18.7. The summed E-state index contributed by atoms with van der Waals surface area (Å²) in [5.41, 5.74) is 6.75. The minimum atomic E-state index is -0.425. The second-order valence-corrected chi connectivity index (χ2v) is 5.65. The summed E-state index contributed by atoms with van der Waals surface area (Å²) in [4.78, 5) is 29.8. The molecule has 3 heterocycles. The van der Waals surface area contributed by atoms with E-state index in [-0.39, 0.29) is 35.5 Å². The number of fused-ring (bicyclic) bond motifs is 2. The van der Waals surface area contributed by atoms with Crippen LogP contribution in [0.15, 0.2) is 35.3 Å². The third-order valence-electron chi connectivity index (χ3n) is 4.02. The highest BCUT2D eigenvalue weighted by Crippen LogP contribution is 2.14. The highest BCUT2D eigenvalue weighted by molar-refractivity contribution is 6.00. The molecular weight excluding hydrogens is 338 g/mol. The number of carbonyl (C=O) groups is 1. The smallest absolute Gasteiger partial charge is 0.278 e. The van der Waals surface area contributed by atoms with Gasteiger partial charge in [-0.2, -0.15) is 0 Å². The summed E-state index contributed by atoms with van der Waals surface area (Å²) in [5.74, 6) is -0.292. The second-order valence-electron chi connectivity index (χ2n) is 5.65. The SMILES string of the molecule is COCCNC(=O)c1cc2c(=O)n3ccccc3nc2[n+](CCO)c1N. The largest absolute Gasteiger partial charge is 0.393 e. The van der Waals surface area contributed by atoms with Crippen molar-refractivity contribution in [2.45, 2.75) is 6.54 Å². The number of nitrogens with one attached hydrogen (secondary N) is 1. The van der Waals surface area contributed by atoms with Crippen molar-refractivity contribution < 1.29 is 19.2 Å². The van der Waals surface area contributed by atoms with Crippen LogP contribution in [-0.2, 0) is 11.3 Å². The summed E-state index contributed by atoms with van der Waals surface area (Å²) in [5, 5.41) is 12.3. The van der Waals surface area contributed by atoms with E-state index in [1.807, 2.05) is 0 Å². The number of hydrogen-bond donors (Lipinski definition) is 3. The van der Waals surface area contributed by atoms with Crippen LogP contribution in [0.5, 0.6) is 0 Å². The highest BCUT2D eigenvalue weighted by Gasteiger charge is 2.23. The molecule has 0 aromatic carbocycles. The van der Waals surface area contributed by atoms with Crippen molar-refractivity contribution in [3.8, 4) is 0 Å². The maximum atomic E-state index is 12.8. The minimum Gasteiger partial charge on any atom is -0.393 e. The lowest BCUT2D eigenvalue weighted by molar-refractivity contribution is -0.660. The number of amides is 1. The molecule has 3 rings (SSSR count). The molecule has 0 aliphatic carbocycles. The van der Waals surface area contributed by atoms with Crippen LogP contribution in [-0.4, -0.2) is 47.3 Å². The number of hydrogen-bond acceptors (Lipinski definition) is 6. The molecule has 0 bridgehead atoms. The van der Waals surface area contributed by atoms with Gasteiger partial charge in [0.1, 0.15) is 10.9 Å². The third-order valence-corrected chi connectivity index (χ3v) is 4.02. The number of nitrogens with two attached hydrogens (primary N) is 1. The van der Waals surface area contributed by atoms with Crippen molar-refractivity contribution in [3.63, 3.8) is 0 Å². The fraction of sp³-hybridized carbons (Fsp3) is 0.294. The van der Waals surface area contributed by atoms with Crippen molar-refractivity contribution in [2.75, 3.05) is 32.6 Å². The maximum Gasteiger partial charge on any atom is 0.278 e. The first-order valence-electron chi connectivity index (χ1n) is 8.10. The van der Waals surface area contributed by atoms with Gasteiger partial charge in [0, 0.05) is 19.9 Å². The molecular formula is C17H20N5O4+. The Morgan fingerprint density at radius 3 is 3.00 bits per heavy atom. The van der Waals surface area contributed by atoms with E-state index < -0.39 is 5.91 Å². The summed E-state index contributed by atoms with van der Waals surface area (Å²) in [6, 6.07) is 6.63. The monoisotopic (exact) mass is 358 g/mol. The van der Waals surface area contributed by atoms with Gasteiger partial charge >= 0.3 is 0 Å². The van der Waals surface area contributed by atoms with E-state index in [0.29, 0.717) is 24.4 Å². The van der Waals surface area contributed by atoms with E-state index in [2.05, 4.69) is 10.3 Å². The molecule has 0 atom stereocenters. The Kier molecular flexibility index (Phi) is 5.10. The van der Waals surface area contributed by atoms with Gasteiger partial charge in [0.05, 0.1) is 19.8 Å². The molecule has 0 saturated carbocycles. The molecule has 3 aromatic rings. The van der Waals surface area contributed by atoms with Crippen molar-refractivity contribution >= 4 is 28.4 Å². The highest BCUT2D eigenvalue weighted by atomic mass is 16.5. The summed E-state index contributed by atoms with van der Waals surface area (Å²) in [6.07, 6.45) is 1.61. The maximum absolute atomic E-state index is 12.8. The molecule has 4 N–H and O–H groups in total. The van der Waals surface area contributed by atoms with Crippen LogP contribution in [0.1, 0.15) is 10.4 Å². The van der Waals surface area contributed by atoms with E-state index in [1.54, 1.807) is 24.4 Å². The molecule has 0 aliphatic rings. The summed E-state index contributed by atoms with van der Waals surface area (Å²) < 4.78 is 7.79. The summed E-state index contributed by atoms with van der Waals surface area (Å²) >= 11 is 0. The van der Waals surface area contributed by atoms with Crippen LogP contribution in [0.4, 0.5) is 5.82 Å². The first kappa shape index (κ1) is 17.8. The zero-order valence-corrected chi connectivity index (χ0v) is 14.3. The Hall–Kier alpha value is -3.04. The number of nitrogens with zero attached hydrogens (tertiary/aromatic N) is 3. The van der Waals surface area contributed by atoms with Gasteiger partial charge in [-0.05, 0) is 18.2 Å². The van der Waals surface area contributed by atoms with Gasteiger partial charge in [-0.3, -0.25) is 14.0 Å². The van der Waals surface area contributed by atoms with Crippen LogP contribution in [0, 0.1) is 0 Å². The van der Waals surface area contributed by atoms with Gasteiger partial charge in [0.25, 0.3) is 17.1 Å². The van der Waals surface area contributed by atoms with E-state index in [1.165, 1.54) is 22.1 Å². The number of carbonyl (C=O) groups excluding carboxylic acids is 1. The Morgan fingerprint density at radius 1 is 1.46 bits per heavy atom. The first-order chi connectivity index (χ1) is 12.6. The average molecular weight is 358 g/mol. The van der Waals surface area contributed by atoms with Gasteiger partial charge in [0.15, 0.2) is 0 Å². The normalized spacial score (nSPS) is 11.2. The van der Waals surface area contributed by atoms with E-state index in [4.69, 9.17) is 10.5 Å². The van der Waals surface area contributed by atoms with E-state index >= 15 is 0 Å². The molecule has 0 aliphatic heterocycles. The lowest BCUT2D eigenvalue weighted by Crippen LogP contribution is -2.44. The predicted molar refractivity (Wildman–Crippen MR) is 94.9 cm³/mol. The number of rotatable bonds is 6. The number of aliphatic hydroxyl groups is 1. The molecule has 0 saturated heterocycles.